The molecule has 1 atom stereocenters. The summed E-state index contributed by atoms with van der Waals surface area (Å²) in [6, 6.07) is 8.13. The second-order valence-electron chi connectivity index (χ2n) is 5.45. The average Bonchev–Trinajstić information content (AvgIpc) is 2.64. The van der Waals surface area contributed by atoms with Gasteiger partial charge in [-0.3, -0.25) is 0 Å². The highest BCUT2D eigenvalue weighted by Crippen LogP contribution is 2.24. The molecule has 98 valence electrons. The first-order chi connectivity index (χ1) is 8.45. The van der Waals surface area contributed by atoms with E-state index >= 15 is 0 Å². The van der Waals surface area contributed by atoms with Crippen molar-refractivity contribution in [3.05, 3.63) is 30.1 Å². The molecule has 0 aliphatic rings. The molecule has 18 heavy (non-hydrogen) atoms. The fourth-order valence-electron chi connectivity index (χ4n) is 2.14. The third kappa shape index (κ3) is 2.27. The molecule has 3 heteroatoms. The van der Waals surface area contributed by atoms with Crippen molar-refractivity contribution in [3.8, 4) is 0 Å². The number of hydrogen-bond acceptors (Lipinski definition) is 2. The van der Waals surface area contributed by atoms with Gasteiger partial charge in [-0.05, 0) is 31.9 Å². The van der Waals surface area contributed by atoms with Crippen LogP contribution in [0.2, 0.25) is 0 Å². The van der Waals surface area contributed by atoms with E-state index in [1.807, 2.05) is 39.0 Å². The summed E-state index contributed by atoms with van der Waals surface area (Å²) in [4.78, 5) is 4.65. The second-order valence-corrected chi connectivity index (χ2v) is 5.45. The molecule has 0 aliphatic heterocycles. The van der Waals surface area contributed by atoms with Crippen molar-refractivity contribution in [2.75, 3.05) is 0 Å². The number of hydrogen-bond donors (Lipinski definition) is 1. The van der Waals surface area contributed by atoms with Gasteiger partial charge in [0, 0.05) is 13.0 Å². The highest BCUT2D eigenvalue weighted by Gasteiger charge is 2.27. The van der Waals surface area contributed by atoms with E-state index in [0.717, 1.165) is 23.4 Å². The van der Waals surface area contributed by atoms with E-state index in [9.17, 15) is 5.11 Å². The van der Waals surface area contributed by atoms with E-state index in [2.05, 4.69) is 22.5 Å². The van der Waals surface area contributed by atoms with E-state index in [-0.39, 0.29) is 5.92 Å². The van der Waals surface area contributed by atoms with Gasteiger partial charge in [0.25, 0.3) is 0 Å². The van der Waals surface area contributed by atoms with Crippen LogP contribution in [0.25, 0.3) is 11.0 Å². The van der Waals surface area contributed by atoms with Gasteiger partial charge in [0.05, 0.1) is 16.6 Å². The Balaban J connectivity index is 2.45. The molecule has 3 nitrogen and oxygen atoms in total. The molecule has 0 saturated heterocycles. The molecule has 0 fully saturated rings. The lowest BCUT2D eigenvalue weighted by Gasteiger charge is -2.27. The van der Waals surface area contributed by atoms with Crippen molar-refractivity contribution in [2.45, 2.75) is 46.3 Å². The number of aromatic nitrogens is 2. The maximum absolute atomic E-state index is 10.4. The third-order valence-corrected chi connectivity index (χ3v) is 3.81. The number of benzene rings is 1. The average molecular weight is 246 g/mol. The Bertz CT molecular complexity index is 540. The summed E-state index contributed by atoms with van der Waals surface area (Å²) >= 11 is 0. The first kappa shape index (κ1) is 13.1. The Hall–Kier alpha value is -1.35. The standard InChI is InChI=1S/C15H22N2O/c1-5-17-13-9-7-6-8-12(13)16-14(17)10-15(4,18)11(2)3/h6-9,11,18H,5,10H2,1-4H3. The summed E-state index contributed by atoms with van der Waals surface area (Å²) in [5.41, 5.74) is 1.44. The molecule has 0 saturated carbocycles. The van der Waals surface area contributed by atoms with Crippen LogP contribution >= 0.6 is 0 Å². The second kappa shape index (κ2) is 4.73. The number of aliphatic hydroxyl groups is 1. The summed E-state index contributed by atoms with van der Waals surface area (Å²) in [5, 5.41) is 10.4. The van der Waals surface area contributed by atoms with Crippen molar-refractivity contribution < 1.29 is 5.11 Å². The first-order valence-corrected chi connectivity index (χ1v) is 6.62. The number of rotatable bonds is 4. The van der Waals surface area contributed by atoms with Crippen LogP contribution in [0.1, 0.15) is 33.5 Å². The van der Waals surface area contributed by atoms with Crippen LogP contribution in [-0.4, -0.2) is 20.3 Å². The van der Waals surface area contributed by atoms with E-state index in [0.29, 0.717) is 6.42 Å². The largest absolute Gasteiger partial charge is 0.389 e. The van der Waals surface area contributed by atoms with Crippen molar-refractivity contribution in [1.29, 1.82) is 0 Å². The van der Waals surface area contributed by atoms with Gasteiger partial charge in [0.2, 0.25) is 0 Å². The molecule has 1 N–H and O–H groups in total. The fraction of sp³-hybridized carbons (Fsp3) is 0.533. The van der Waals surface area contributed by atoms with Crippen LogP contribution < -0.4 is 0 Å². The number of aryl methyl sites for hydroxylation is 1. The maximum Gasteiger partial charge on any atom is 0.112 e. The van der Waals surface area contributed by atoms with Gasteiger partial charge in [0.1, 0.15) is 5.82 Å². The highest BCUT2D eigenvalue weighted by atomic mass is 16.3. The fourth-order valence-corrected chi connectivity index (χ4v) is 2.14. The van der Waals surface area contributed by atoms with Gasteiger partial charge in [-0.25, -0.2) is 4.98 Å². The molecule has 0 bridgehead atoms. The smallest absolute Gasteiger partial charge is 0.112 e. The van der Waals surface area contributed by atoms with E-state index < -0.39 is 5.60 Å². The Morgan fingerprint density at radius 2 is 2.00 bits per heavy atom. The van der Waals surface area contributed by atoms with E-state index in [1.54, 1.807) is 0 Å². The lowest BCUT2D eigenvalue weighted by molar-refractivity contribution is 0.0116. The summed E-state index contributed by atoms with van der Waals surface area (Å²) < 4.78 is 2.19. The van der Waals surface area contributed by atoms with Crippen molar-refractivity contribution >= 4 is 11.0 Å². The van der Waals surface area contributed by atoms with Crippen LogP contribution in [-0.2, 0) is 13.0 Å². The Morgan fingerprint density at radius 1 is 1.33 bits per heavy atom. The van der Waals surface area contributed by atoms with Crippen molar-refractivity contribution in [3.63, 3.8) is 0 Å². The van der Waals surface area contributed by atoms with Gasteiger partial charge in [-0.15, -0.1) is 0 Å². The number of imidazole rings is 1. The van der Waals surface area contributed by atoms with Crippen LogP contribution in [0.5, 0.6) is 0 Å². The van der Waals surface area contributed by atoms with Crippen LogP contribution in [0.15, 0.2) is 24.3 Å². The highest BCUT2D eigenvalue weighted by molar-refractivity contribution is 5.75. The summed E-state index contributed by atoms with van der Waals surface area (Å²) in [6.45, 7) is 8.96. The molecular weight excluding hydrogens is 224 g/mol. The minimum absolute atomic E-state index is 0.211. The molecule has 0 amide bonds. The zero-order valence-corrected chi connectivity index (χ0v) is 11.6. The Morgan fingerprint density at radius 3 is 2.61 bits per heavy atom. The van der Waals surface area contributed by atoms with Gasteiger partial charge in [0.15, 0.2) is 0 Å². The van der Waals surface area contributed by atoms with E-state index in [1.165, 1.54) is 0 Å². The summed E-state index contributed by atoms with van der Waals surface area (Å²) in [6.07, 6.45) is 0.590. The lowest BCUT2D eigenvalue weighted by atomic mass is 9.89. The van der Waals surface area contributed by atoms with Gasteiger partial charge >= 0.3 is 0 Å². The van der Waals surface area contributed by atoms with Gasteiger partial charge in [-0.1, -0.05) is 26.0 Å². The SMILES string of the molecule is CCn1c(CC(C)(O)C(C)C)nc2ccccc21. The lowest BCUT2D eigenvalue weighted by Crippen LogP contribution is -2.34. The molecule has 1 aromatic carbocycles. The number of fused-ring (bicyclic) bond motifs is 1. The minimum Gasteiger partial charge on any atom is -0.389 e. The topological polar surface area (TPSA) is 38.0 Å². The number of para-hydroxylation sites is 2. The normalized spacial score (nSPS) is 15.2. The van der Waals surface area contributed by atoms with Crippen LogP contribution in [0.4, 0.5) is 0 Å². The predicted octanol–water partition coefficient (Wildman–Crippen LogP) is 3.01. The molecule has 1 unspecified atom stereocenters. The predicted molar refractivity (Wildman–Crippen MR) is 74.6 cm³/mol. The molecule has 0 aliphatic carbocycles. The monoisotopic (exact) mass is 246 g/mol. The van der Waals surface area contributed by atoms with Crippen molar-refractivity contribution in [2.24, 2.45) is 5.92 Å². The van der Waals surface area contributed by atoms with Crippen LogP contribution in [0, 0.1) is 5.92 Å². The van der Waals surface area contributed by atoms with E-state index in [4.69, 9.17) is 0 Å². The molecule has 2 aromatic rings. The Labute approximate surface area is 108 Å². The molecule has 0 spiro atoms. The molecule has 1 aromatic heterocycles. The minimum atomic E-state index is -0.714. The Kier molecular flexibility index (Phi) is 3.44. The van der Waals surface area contributed by atoms with Gasteiger partial charge in [-0.2, -0.15) is 0 Å². The zero-order chi connectivity index (χ0) is 13.3. The van der Waals surface area contributed by atoms with Gasteiger partial charge < -0.3 is 9.67 Å². The molecule has 0 radical (unpaired) electrons. The molecular formula is C15H22N2O. The third-order valence-electron chi connectivity index (χ3n) is 3.81. The summed E-state index contributed by atoms with van der Waals surface area (Å²) in [7, 11) is 0. The molecule has 2 rings (SSSR count). The quantitative estimate of drug-likeness (QED) is 0.900. The zero-order valence-electron chi connectivity index (χ0n) is 11.6. The number of nitrogens with zero attached hydrogens (tertiary/aromatic N) is 2. The summed E-state index contributed by atoms with van der Waals surface area (Å²) in [5.74, 6) is 1.18. The van der Waals surface area contributed by atoms with Crippen molar-refractivity contribution in [1.82, 2.24) is 9.55 Å². The molecule has 1 heterocycles. The first-order valence-electron chi connectivity index (χ1n) is 6.62. The maximum atomic E-state index is 10.4. The van der Waals surface area contributed by atoms with Crippen LogP contribution in [0.3, 0.4) is 0 Å².